The predicted molar refractivity (Wildman–Crippen MR) is 144 cm³/mol. The van der Waals surface area contributed by atoms with Crippen LogP contribution in [-0.4, -0.2) is 54.4 Å². The molecular weight excluding hydrogens is 527 g/mol. The molecule has 176 valence electrons. The standard InChI is InChI=1S/C25H32N6O.HI/c1-26-25(27-18-20-14-17-31(29-20)21-10-4-3-5-11-21)28-19-23(30-15-8-9-16-30)22-12-6-7-13-24(22)32-2;/h3-7,10-14,17,23H,8-9,15-16,18-19H2,1-2H3,(H2,26,27,28);1H. The molecule has 2 heterocycles. The van der Waals surface area contributed by atoms with Crippen molar-refractivity contribution < 1.29 is 4.74 Å². The van der Waals surface area contributed by atoms with Crippen molar-refractivity contribution in [2.24, 2.45) is 4.99 Å². The number of guanidine groups is 1. The van der Waals surface area contributed by atoms with E-state index in [0.717, 1.165) is 42.7 Å². The minimum atomic E-state index is 0. The molecule has 0 spiro atoms. The fourth-order valence-corrected chi connectivity index (χ4v) is 4.20. The minimum Gasteiger partial charge on any atom is -0.496 e. The van der Waals surface area contributed by atoms with Gasteiger partial charge in [-0.25, -0.2) is 4.68 Å². The van der Waals surface area contributed by atoms with E-state index in [2.05, 4.69) is 37.8 Å². The van der Waals surface area contributed by atoms with Crippen LogP contribution in [-0.2, 0) is 6.54 Å². The van der Waals surface area contributed by atoms with Gasteiger partial charge in [0.25, 0.3) is 0 Å². The average Bonchev–Trinajstić information content (AvgIpc) is 3.55. The molecule has 1 aromatic heterocycles. The summed E-state index contributed by atoms with van der Waals surface area (Å²) in [6.07, 6.45) is 4.46. The lowest BCUT2D eigenvalue weighted by Crippen LogP contribution is -2.42. The highest BCUT2D eigenvalue weighted by Gasteiger charge is 2.26. The lowest BCUT2D eigenvalue weighted by molar-refractivity contribution is 0.239. The number of methoxy groups -OCH3 is 1. The fraction of sp³-hybridized carbons (Fsp3) is 0.360. The van der Waals surface area contributed by atoms with Crippen LogP contribution in [0, 0.1) is 0 Å². The molecular formula is C25H33IN6O. The van der Waals surface area contributed by atoms with Crippen molar-refractivity contribution in [1.82, 2.24) is 25.3 Å². The Balaban J connectivity index is 0.00000306. The molecule has 1 atom stereocenters. The van der Waals surface area contributed by atoms with E-state index in [1.165, 1.54) is 18.4 Å². The molecule has 1 aliphatic rings. The summed E-state index contributed by atoms with van der Waals surface area (Å²) in [7, 11) is 3.54. The van der Waals surface area contributed by atoms with E-state index in [9.17, 15) is 0 Å². The highest BCUT2D eigenvalue weighted by Crippen LogP contribution is 2.31. The van der Waals surface area contributed by atoms with Crippen molar-refractivity contribution in [3.63, 3.8) is 0 Å². The Kier molecular flexibility index (Phi) is 9.56. The van der Waals surface area contributed by atoms with Gasteiger partial charge in [-0.1, -0.05) is 36.4 Å². The van der Waals surface area contributed by atoms with E-state index >= 15 is 0 Å². The highest BCUT2D eigenvalue weighted by molar-refractivity contribution is 14.0. The maximum absolute atomic E-state index is 5.65. The van der Waals surface area contributed by atoms with Crippen molar-refractivity contribution >= 4 is 29.9 Å². The van der Waals surface area contributed by atoms with Gasteiger partial charge in [0.05, 0.1) is 31.1 Å². The second-order valence-electron chi connectivity index (χ2n) is 7.89. The van der Waals surface area contributed by atoms with Crippen LogP contribution in [0.2, 0.25) is 0 Å². The Hall–Kier alpha value is -2.59. The summed E-state index contributed by atoms with van der Waals surface area (Å²) in [6, 6.07) is 20.7. The number of halogens is 1. The maximum Gasteiger partial charge on any atom is 0.191 e. The zero-order valence-corrected chi connectivity index (χ0v) is 21.6. The number of likely N-dealkylation sites (tertiary alicyclic amines) is 1. The van der Waals surface area contributed by atoms with Crippen LogP contribution in [0.5, 0.6) is 5.75 Å². The first-order valence-corrected chi connectivity index (χ1v) is 11.2. The Labute approximate surface area is 213 Å². The lowest BCUT2D eigenvalue weighted by atomic mass is 10.0. The number of benzene rings is 2. The predicted octanol–water partition coefficient (Wildman–Crippen LogP) is 4.00. The number of aliphatic imine (C=N–C) groups is 1. The molecule has 2 aromatic carbocycles. The molecule has 4 rings (SSSR count). The van der Waals surface area contributed by atoms with Crippen LogP contribution in [0.4, 0.5) is 0 Å². The van der Waals surface area contributed by atoms with E-state index in [-0.39, 0.29) is 30.0 Å². The summed E-state index contributed by atoms with van der Waals surface area (Å²) in [5, 5.41) is 11.6. The third kappa shape index (κ3) is 6.48. The third-order valence-corrected chi connectivity index (χ3v) is 5.87. The minimum absolute atomic E-state index is 0. The molecule has 1 unspecified atom stereocenters. The smallest absolute Gasteiger partial charge is 0.191 e. The number of rotatable bonds is 8. The van der Waals surface area contributed by atoms with Crippen LogP contribution in [0.15, 0.2) is 71.9 Å². The van der Waals surface area contributed by atoms with Crippen LogP contribution < -0.4 is 15.4 Å². The monoisotopic (exact) mass is 560 g/mol. The molecule has 3 aromatic rings. The Morgan fingerprint density at radius 2 is 1.76 bits per heavy atom. The van der Waals surface area contributed by atoms with Gasteiger partial charge in [-0.15, -0.1) is 24.0 Å². The van der Waals surface area contributed by atoms with Crippen molar-refractivity contribution in [2.45, 2.75) is 25.4 Å². The van der Waals surface area contributed by atoms with E-state index in [1.807, 2.05) is 59.4 Å². The number of hydrogen-bond acceptors (Lipinski definition) is 4. The van der Waals surface area contributed by atoms with Crippen LogP contribution >= 0.6 is 24.0 Å². The zero-order valence-electron chi connectivity index (χ0n) is 19.3. The molecule has 0 radical (unpaired) electrons. The van der Waals surface area contributed by atoms with Gasteiger partial charge >= 0.3 is 0 Å². The molecule has 0 amide bonds. The summed E-state index contributed by atoms with van der Waals surface area (Å²) < 4.78 is 7.54. The molecule has 1 aliphatic heterocycles. The molecule has 0 aliphatic carbocycles. The van der Waals surface area contributed by atoms with Gasteiger partial charge in [0.1, 0.15) is 5.75 Å². The Bertz CT molecular complexity index is 1020. The summed E-state index contributed by atoms with van der Waals surface area (Å²) in [5.41, 5.74) is 3.21. The molecule has 0 saturated carbocycles. The van der Waals surface area contributed by atoms with Gasteiger partial charge in [-0.3, -0.25) is 9.89 Å². The first-order valence-electron chi connectivity index (χ1n) is 11.2. The Morgan fingerprint density at radius 3 is 2.48 bits per heavy atom. The van der Waals surface area contributed by atoms with E-state index in [4.69, 9.17) is 4.74 Å². The first kappa shape index (κ1) is 25.0. The van der Waals surface area contributed by atoms with Crippen LogP contribution in [0.25, 0.3) is 5.69 Å². The van der Waals surface area contributed by atoms with Crippen LogP contribution in [0.3, 0.4) is 0 Å². The van der Waals surface area contributed by atoms with Crippen LogP contribution in [0.1, 0.15) is 30.1 Å². The molecule has 1 fully saturated rings. The van der Waals surface area contributed by atoms with E-state index in [1.54, 1.807) is 14.2 Å². The van der Waals surface area contributed by atoms with Crippen molar-refractivity contribution in [3.8, 4) is 11.4 Å². The molecule has 8 heteroatoms. The van der Waals surface area contributed by atoms with Gasteiger partial charge in [0, 0.05) is 25.4 Å². The normalized spacial score (nSPS) is 15.0. The average molecular weight is 560 g/mol. The first-order chi connectivity index (χ1) is 15.8. The zero-order chi connectivity index (χ0) is 22.2. The lowest BCUT2D eigenvalue weighted by Gasteiger charge is -2.30. The number of ether oxygens (including phenoxy) is 1. The summed E-state index contributed by atoms with van der Waals surface area (Å²) in [4.78, 5) is 6.94. The molecule has 1 saturated heterocycles. The Morgan fingerprint density at radius 1 is 1.03 bits per heavy atom. The second-order valence-corrected chi connectivity index (χ2v) is 7.89. The van der Waals surface area contributed by atoms with Gasteiger partial charge in [0.15, 0.2) is 5.96 Å². The highest BCUT2D eigenvalue weighted by atomic mass is 127. The van der Waals surface area contributed by atoms with E-state index in [0.29, 0.717) is 6.54 Å². The summed E-state index contributed by atoms with van der Waals surface area (Å²) >= 11 is 0. The molecule has 33 heavy (non-hydrogen) atoms. The number of nitrogens with zero attached hydrogens (tertiary/aromatic N) is 4. The van der Waals surface area contributed by atoms with Gasteiger partial charge in [-0.2, -0.15) is 5.10 Å². The van der Waals surface area contributed by atoms with Gasteiger partial charge in [0.2, 0.25) is 0 Å². The second kappa shape index (κ2) is 12.6. The largest absolute Gasteiger partial charge is 0.496 e. The molecule has 2 N–H and O–H groups in total. The van der Waals surface area contributed by atoms with Crippen molar-refractivity contribution in [1.29, 1.82) is 0 Å². The summed E-state index contributed by atoms with van der Waals surface area (Å²) in [6.45, 7) is 3.56. The maximum atomic E-state index is 5.65. The number of para-hydroxylation sites is 2. The summed E-state index contributed by atoms with van der Waals surface area (Å²) in [5.74, 6) is 1.69. The number of hydrogen-bond donors (Lipinski definition) is 2. The van der Waals surface area contributed by atoms with E-state index < -0.39 is 0 Å². The van der Waals surface area contributed by atoms with Crippen molar-refractivity contribution in [3.05, 3.63) is 78.1 Å². The van der Waals surface area contributed by atoms with Gasteiger partial charge in [-0.05, 0) is 50.2 Å². The number of aromatic nitrogens is 2. The van der Waals surface area contributed by atoms with Crippen molar-refractivity contribution in [2.75, 3.05) is 33.8 Å². The SMILES string of the molecule is CN=C(NCc1ccn(-c2ccccc2)n1)NCC(c1ccccc1OC)N1CCCC1.I. The van der Waals surface area contributed by atoms with Gasteiger partial charge < -0.3 is 15.4 Å². The molecule has 7 nitrogen and oxygen atoms in total. The fourth-order valence-electron chi connectivity index (χ4n) is 4.20. The molecule has 0 bridgehead atoms. The topological polar surface area (TPSA) is 66.7 Å². The number of nitrogens with one attached hydrogen (secondary N) is 2. The third-order valence-electron chi connectivity index (χ3n) is 5.87. The quantitative estimate of drug-likeness (QED) is 0.248.